The first kappa shape index (κ1) is 26.3. The van der Waals surface area contributed by atoms with E-state index in [1.54, 1.807) is 0 Å². The third-order valence-electron chi connectivity index (χ3n) is 6.26. The molecule has 1 amide bonds. The lowest BCUT2D eigenvalue weighted by Gasteiger charge is -2.20. The zero-order chi connectivity index (χ0) is 26.7. The van der Waals surface area contributed by atoms with Crippen molar-refractivity contribution in [3.8, 4) is 0 Å². The Balaban J connectivity index is 1.47. The lowest BCUT2D eigenvalue weighted by atomic mass is 9.97. The van der Waals surface area contributed by atoms with E-state index in [0.29, 0.717) is 13.0 Å². The Kier molecular flexibility index (Phi) is 7.58. The van der Waals surface area contributed by atoms with Crippen molar-refractivity contribution in [2.45, 2.75) is 72.6 Å². The molecule has 1 unspecified atom stereocenters. The first-order chi connectivity index (χ1) is 17.5. The molecule has 0 fully saturated rings. The van der Waals surface area contributed by atoms with E-state index in [-0.39, 0.29) is 24.3 Å². The molecule has 0 aliphatic carbocycles. The molecule has 6 heteroatoms. The van der Waals surface area contributed by atoms with Gasteiger partial charge in [-0.1, -0.05) is 29.8 Å². The summed E-state index contributed by atoms with van der Waals surface area (Å²) in [7, 11) is 0. The Hall–Kier alpha value is -3.80. The molecule has 1 atom stereocenters. The number of ether oxygens (including phenoxy) is 1. The quantitative estimate of drug-likeness (QED) is 0.287. The summed E-state index contributed by atoms with van der Waals surface area (Å²) in [5.74, 6) is 1.23. The predicted molar refractivity (Wildman–Crippen MR) is 145 cm³/mol. The summed E-state index contributed by atoms with van der Waals surface area (Å²) >= 11 is 0. The molecule has 0 aliphatic rings. The molecule has 1 N–H and O–H groups in total. The summed E-state index contributed by atoms with van der Waals surface area (Å²) in [6, 6.07) is 17.7. The van der Waals surface area contributed by atoms with Crippen LogP contribution in [0.4, 0.5) is 0 Å². The largest absolute Gasteiger partial charge is 0.464 e. The number of hydrogen-bond acceptors (Lipinski definition) is 4. The third-order valence-corrected chi connectivity index (χ3v) is 6.26. The van der Waals surface area contributed by atoms with Crippen LogP contribution in [0.5, 0.6) is 0 Å². The van der Waals surface area contributed by atoms with E-state index in [9.17, 15) is 9.59 Å². The molecule has 4 aromatic rings. The van der Waals surface area contributed by atoms with E-state index in [2.05, 4.69) is 37.4 Å². The van der Waals surface area contributed by atoms with Crippen LogP contribution in [0.3, 0.4) is 0 Å². The molecular weight excluding hydrogens is 464 g/mol. The lowest BCUT2D eigenvalue weighted by molar-refractivity contribution is -0.155. The fourth-order valence-corrected chi connectivity index (χ4v) is 4.62. The van der Waals surface area contributed by atoms with E-state index < -0.39 is 5.60 Å². The van der Waals surface area contributed by atoms with Crippen molar-refractivity contribution in [3.63, 3.8) is 0 Å². The molecule has 0 spiro atoms. The molecule has 2 aromatic carbocycles. The van der Waals surface area contributed by atoms with Gasteiger partial charge < -0.3 is 19.0 Å². The van der Waals surface area contributed by atoms with Crippen molar-refractivity contribution >= 4 is 22.8 Å². The number of carbonyl (C=O) groups is 2. The minimum Gasteiger partial charge on any atom is -0.464 e. The SMILES string of the molecule is Cc1ccc(C(NC(=O)Cc2ccc3c(ccn3CCC(=O)OC(C)(C)C)c2)c2ccc(C)o2)c(C)c1. The molecule has 0 saturated carbocycles. The van der Waals surface area contributed by atoms with Gasteiger partial charge >= 0.3 is 5.97 Å². The van der Waals surface area contributed by atoms with Gasteiger partial charge in [0.15, 0.2) is 0 Å². The first-order valence-electron chi connectivity index (χ1n) is 12.7. The monoisotopic (exact) mass is 500 g/mol. The van der Waals surface area contributed by atoms with Gasteiger partial charge in [0.1, 0.15) is 23.2 Å². The van der Waals surface area contributed by atoms with Crippen molar-refractivity contribution in [1.82, 2.24) is 9.88 Å². The third kappa shape index (κ3) is 6.70. The second kappa shape index (κ2) is 10.7. The minimum absolute atomic E-state index is 0.0808. The average Bonchev–Trinajstić information content (AvgIpc) is 3.41. The number of carbonyl (C=O) groups excluding carboxylic acids is 2. The Morgan fingerprint density at radius 1 is 1.00 bits per heavy atom. The van der Waals surface area contributed by atoms with E-state index in [1.807, 2.05) is 74.9 Å². The van der Waals surface area contributed by atoms with Crippen LogP contribution in [0.25, 0.3) is 10.9 Å². The van der Waals surface area contributed by atoms with E-state index in [4.69, 9.17) is 9.15 Å². The summed E-state index contributed by atoms with van der Waals surface area (Å²) in [4.78, 5) is 25.3. The highest BCUT2D eigenvalue weighted by Crippen LogP contribution is 2.28. The van der Waals surface area contributed by atoms with Gasteiger partial charge in [0.25, 0.3) is 0 Å². The fraction of sp³-hybridized carbons (Fsp3) is 0.355. The van der Waals surface area contributed by atoms with Gasteiger partial charge in [-0.25, -0.2) is 0 Å². The average molecular weight is 501 g/mol. The summed E-state index contributed by atoms with van der Waals surface area (Å²) < 4.78 is 13.4. The minimum atomic E-state index is -0.488. The maximum absolute atomic E-state index is 13.2. The number of aromatic nitrogens is 1. The first-order valence-corrected chi connectivity index (χ1v) is 12.7. The number of furan rings is 1. The smallest absolute Gasteiger partial charge is 0.308 e. The normalized spacial score (nSPS) is 12.5. The van der Waals surface area contributed by atoms with Crippen LogP contribution in [0.15, 0.2) is 65.2 Å². The standard InChI is InChI=1S/C31H36N2O4/c1-20-7-10-25(21(2)17-20)30(27-12-8-22(3)36-27)32-28(34)19-23-9-11-26-24(18-23)13-15-33(26)16-14-29(35)37-31(4,5)6/h7-13,15,17-18,30H,14,16,19H2,1-6H3,(H,32,34). The molecule has 194 valence electrons. The molecule has 0 radical (unpaired) electrons. The van der Waals surface area contributed by atoms with E-state index >= 15 is 0 Å². The fourth-order valence-electron chi connectivity index (χ4n) is 4.62. The second-order valence-electron chi connectivity index (χ2n) is 10.7. The predicted octanol–water partition coefficient (Wildman–Crippen LogP) is 6.34. The maximum Gasteiger partial charge on any atom is 0.308 e. The van der Waals surface area contributed by atoms with E-state index in [1.165, 1.54) is 5.56 Å². The number of benzene rings is 2. The molecule has 37 heavy (non-hydrogen) atoms. The Bertz CT molecular complexity index is 1420. The molecule has 6 nitrogen and oxygen atoms in total. The Morgan fingerprint density at radius 2 is 1.78 bits per heavy atom. The molecule has 0 bridgehead atoms. The molecule has 0 saturated heterocycles. The number of rotatable bonds is 8. The molecule has 2 heterocycles. The second-order valence-corrected chi connectivity index (χ2v) is 10.7. The van der Waals surface area contributed by atoms with Crippen molar-refractivity contribution < 1.29 is 18.7 Å². The molecule has 0 aliphatic heterocycles. The molecule has 4 rings (SSSR count). The highest BCUT2D eigenvalue weighted by Gasteiger charge is 2.22. The van der Waals surface area contributed by atoms with E-state index in [0.717, 1.165) is 39.1 Å². The van der Waals surface area contributed by atoms with Crippen LogP contribution >= 0.6 is 0 Å². The summed E-state index contributed by atoms with van der Waals surface area (Å²) in [5, 5.41) is 4.22. The zero-order valence-corrected chi connectivity index (χ0v) is 22.6. The maximum atomic E-state index is 13.2. The van der Waals surface area contributed by atoms with Crippen molar-refractivity contribution in [2.24, 2.45) is 0 Å². The highest BCUT2D eigenvalue weighted by atomic mass is 16.6. The van der Waals surface area contributed by atoms with Crippen LogP contribution in [-0.2, 0) is 27.3 Å². The van der Waals surface area contributed by atoms with Gasteiger partial charge in [-0.2, -0.15) is 0 Å². The van der Waals surface area contributed by atoms with Gasteiger partial charge in [0.2, 0.25) is 5.91 Å². The highest BCUT2D eigenvalue weighted by molar-refractivity contribution is 5.84. The zero-order valence-electron chi connectivity index (χ0n) is 22.6. The van der Waals surface area contributed by atoms with Crippen molar-refractivity contribution in [1.29, 1.82) is 0 Å². The molecule has 2 aromatic heterocycles. The van der Waals surface area contributed by atoms with Gasteiger partial charge in [-0.15, -0.1) is 0 Å². The van der Waals surface area contributed by atoms with Gasteiger partial charge in [0.05, 0.1) is 12.8 Å². The van der Waals surface area contributed by atoms with Gasteiger partial charge in [-0.05, 0) is 94.0 Å². The molecular formula is C31H36N2O4. The number of nitrogens with zero attached hydrogens (tertiary/aromatic N) is 1. The van der Waals surface area contributed by atoms with Crippen molar-refractivity contribution in [2.75, 3.05) is 0 Å². The number of aryl methyl sites for hydroxylation is 4. The number of fused-ring (bicyclic) bond motifs is 1. The summed E-state index contributed by atoms with van der Waals surface area (Å²) in [6.07, 6.45) is 2.52. The lowest BCUT2D eigenvalue weighted by Crippen LogP contribution is -2.30. The van der Waals surface area contributed by atoms with Crippen LogP contribution in [0.2, 0.25) is 0 Å². The topological polar surface area (TPSA) is 73.5 Å². The number of esters is 1. The summed E-state index contributed by atoms with van der Waals surface area (Å²) in [5.41, 5.74) is 4.75. The number of hydrogen-bond donors (Lipinski definition) is 1. The van der Waals surface area contributed by atoms with Crippen LogP contribution in [0, 0.1) is 20.8 Å². The number of amides is 1. The van der Waals surface area contributed by atoms with Crippen LogP contribution in [0.1, 0.15) is 67.0 Å². The van der Waals surface area contributed by atoms with Crippen molar-refractivity contribution in [3.05, 3.63) is 94.6 Å². The summed E-state index contributed by atoms with van der Waals surface area (Å²) in [6.45, 7) is 12.2. The van der Waals surface area contributed by atoms with Gasteiger partial charge in [-0.3, -0.25) is 9.59 Å². The van der Waals surface area contributed by atoms with Crippen LogP contribution in [-0.4, -0.2) is 22.0 Å². The Labute approximate surface area is 218 Å². The number of nitrogens with one attached hydrogen (secondary N) is 1. The Morgan fingerprint density at radius 3 is 2.46 bits per heavy atom. The van der Waals surface area contributed by atoms with Gasteiger partial charge in [0, 0.05) is 18.3 Å². The van der Waals surface area contributed by atoms with Crippen LogP contribution < -0.4 is 5.32 Å².